The van der Waals surface area contributed by atoms with Gasteiger partial charge in [0.15, 0.2) is 11.6 Å². The summed E-state index contributed by atoms with van der Waals surface area (Å²) in [5.41, 5.74) is 21.1. The van der Waals surface area contributed by atoms with Crippen LogP contribution in [0.2, 0.25) is 0 Å². The second kappa shape index (κ2) is 48.2. The van der Waals surface area contributed by atoms with Crippen LogP contribution < -0.4 is 0 Å². The number of hydrogen-bond donors (Lipinski definition) is 0. The first kappa shape index (κ1) is 102. The van der Waals surface area contributed by atoms with Gasteiger partial charge in [0.1, 0.15) is 0 Å². The number of unbranched alkanes of at least 4 members (excludes halogenated alkanes) is 8. The predicted octanol–water partition coefficient (Wildman–Crippen LogP) is 28.9. The fourth-order valence-electron chi connectivity index (χ4n) is 20.9. The Labute approximate surface area is 872 Å². The molecule has 764 valence electrons. The molecule has 22 rings (SSSR count). The van der Waals surface area contributed by atoms with Gasteiger partial charge in [0.25, 0.3) is 0 Å². The lowest BCUT2D eigenvalue weighted by Gasteiger charge is -2.40. The van der Waals surface area contributed by atoms with Crippen molar-refractivity contribution in [1.82, 2.24) is 38.6 Å². The van der Waals surface area contributed by atoms with Crippen LogP contribution in [0.15, 0.2) is 279 Å². The quantitative estimate of drug-likeness (QED) is 0.0327. The molecular formula is C127H138N8O12S. The normalized spacial score (nSPS) is 15.1. The van der Waals surface area contributed by atoms with Gasteiger partial charge in [-0.25, -0.2) is 15.0 Å². The van der Waals surface area contributed by atoms with E-state index in [0.717, 1.165) is 327 Å². The van der Waals surface area contributed by atoms with Gasteiger partial charge in [0.2, 0.25) is 11.9 Å². The third-order valence-electron chi connectivity index (χ3n) is 30.7. The Morgan fingerprint density at radius 2 is 0.568 bits per heavy atom. The first-order valence-electron chi connectivity index (χ1n) is 54.0. The van der Waals surface area contributed by atoms with Gasteiger partial charge in [-0.05, 0) is 233 Å². The highest BCUT2D eigenvalue weighted by atomic mass is 32.1. The van der Waals surface area contributed by atoms with Gasteiger partial charge < -0.3 is 61.4 Å². The number of hydrogen-bond acceptors (Lipinski definition) is 18. The van der Waals surface area contributed by atoms with Crippen LogP contribution >= 0.6 is 11.3 Å². The topological polar surface area (TPSA) is 190 Å². The van der Waals surface area contributed by atoms with Crippen LogP contribution in [0.3, 0.4) is 0 Å². The van der Waals surface area contributed by atoms with Crippen molar-refractivity contribution in [1.29, 1.82) is 0 Å². The largest absolute Gasteiger partial charge is 0.381 e. The molecule has 6 aromatic heterocycles. The smallest absolute Gasteiger partial charge is 0.238 e. The summed E-state index contributed by atoms with van der Waals surface area (Å²) in [4.78, 5) is 26.1. The third kappa shape index (κ3) is 23.2. The lowest BCUT2D eigenvalue weighted by Crippen LogP contribution is -2.45. The van der Waals surface area contributed by atoms with E-state index in [9.17, 15) is 0 Å². The highest BCUT2D eigenvalue weighted by Crippen LogP contribution is 2.47. The van der Waals surface area contributed by atoms with E-state index < -0.39 is 0 Å². The van der Waals surface area contributed by atoms with Crippen LogP contribution in [0.25, 0.3) is 160 Å². The Kier molecular flexibility index (Phi) is 33.1. The zero-order chi connectivity index (χ0) is 100. The van der Waals surface area contributed by atoms with Crippen molar-refractivity contribution >= 4 is 96.9 Å². The van der Waals surface area contributed by atoms with Crippen molar-refractivity contribution in [2.24, 2.45) is 21.7 Å². The molecule has 21 heteroatoms. The van der Waals surface area contributed by atoms with E-state index in [2.05, 4.69) is 272 Å². The van der Waals surface area contributed by atoms with Crippen molar-refractivity contribution in [3.63, 3.8) is 0 Å². The Morgan fingerprint density at radius 1 is 0.257 bits per heavy atom. The summed E-state index contributed by atoms with van der Waals surface area (Å²) in [6.45, 7) is 27.0. The van der Waals surface area contributed by atoms with E-state index in [4.69, 9.17) is 81.8 Å². The van der Waals surface area contributed by atoms with Crippen molar-refractivity contribution in [3.8, 4) is 74.0 Å². The van der Waals surface area contributed by atoms with E-state index in [0.29, 0.717) is 63.2 Å². The van der Waals surface area contributed by atoms with E-state index in [1.165, 1.54) is 53.0 Å². The standard InChI is InChI=1S/C70H74N4O6.C57H64N4O6S/c1-3-69(47-79-48-69)45-77-36-18-8-16-34-75-43-51-26-30-64-58(38-51)60-40-55(28-32-65(60)73(64)57-24-14-7-15-25-57)56-29-33-67-61(41-56)59-39-52(44-76-35-17-9-19-37-78-46-70(4-2)49-80-50-70)27-31-66(59)74(67)68-71-62(53-20-10-5-11-21-53)42-63(72-68)54-22-12-6-13-23-54;1-3-56(37-66-38-56)35-64-29-15-7-13-27-62-33-41-21-24-48-47(32-41)51-49(61(48)55-59-53(43-17-9-5-10-18-43)58-54(60-55)44-19-11-6-12-20-44)25-23-45-46-31-42(22-26-50(46)68-52(45)51)34-63-28-14-8-16-30-65-36-57(4-2)39-67-40-57/h5-7,10-15,20-33,38-42H,3-4,8-9,16-19,34-37,43-50H2,1-2H3;5-6,9-12,17-26,31-32H,3-4,7-8,13-16,27-30,33-40H2,1-2H3. The molecule has 0 saturated carbocycles. The molecule has 10 heterocycles. The van der Waals surface area contributed by atoms with E-state index >= 15 is 0 Å². The molecule has 18 aromatic rings. The maximum Gasteiger partial charge on any atom is 0.238 e. The Bertz CT molecular complexity index is 7350. The zero-order valence-electron chi connectivity index (χ0n) is 86.2. The van der Waals surface area contributed by atoms with Crippen molar-refractivity contribution < 1.29 is 56.8 Å². The average molecular weight is 2000 g/mol. The number of para-hydroxylation sites is 1. The van der Waals surface area contributed by atoms with Gasteiger partial charge >= 0.3 is 0 Å². The highest BCUT2D eigenvalue weighted by Gasteiger charge is 2.40. The third-order valence-corrected chi connectivity index (χ3v) is 31.9. The van der Waals surface area contributed by atoms with Gasteiger partial charge in [0, 0.05) is 155 Å². The van der Waals surface area contributed by atoms with Gasteiger partial charge in [-0.15, -0.1) is 11.3 Å². The summed E-state index contributed by atoms with van der Waals surface area (Å²) < 4.78 is 80.6. The van der Waals surface area contributed by atoms with Crippen molar-refractivity contribution in [2.75, 3.05) is 132 Å². The Balaban J connectivity index is 0.000000176. The second-order valence-corrected chi connectivity index (χ2v) is 42.4. The molecule has 0 radical (unpaired) electrons. The number of benzene rings is 12. The van der Waals surface area contributed by atoms with E-state index in [-0.39, 0.29) is 21.7 Å². The van der Waals surface area contributed by atoms with Crippen LogP contribution in [-0.4, -0.2) is 171 Å². The molecule has 0 bridgehead atoms. The number of aromatic nitrogens is 8. The monoisotopic (exact) mass is 2000 g/mol. The van der Waals surface area contributed by atoms with Gasteiger partial charge in [-0.3, -0.25) is 9.13 Å². The highest BCUT2D eigenvalue weighted by molar-refractivity contribution is 7.26. The summed E-state index contributed by atoms with van der Waals surface area (Å²) in [5.74, 6) is 2.46. The maximum absolute atomic E-state index is 6.38. The van der Waals surface area contributed by atoms with Crippen LogP contribution in [-0.2, 0) is 83.3 Å². The van der Waals surface area contributed by atoms with Crippen LogP contribution in [0, 0.1) is 21.7 Å². The second-order valence-electron chi connectivity index (χ2n) is 41.4. The van der Waals surface area contributed by atoms with Crippen molar-refractivity contribution in [3.05, 3.63) is 301 Å². The summed E-state index contributed by atoms with van der Waals surface area (Å²) >= 11 is 1.84. The minimum Gasteiger partial charge on any atom is -0.381 e. The Morgan fingerprint density at radius 3 is 0.946 bits per heavy atom. The number of ether oxygens (including phenoxy) is 12. The number of nitrogens with zero attached hydrogens (tertiary/aromatic N) is 8. The number of fused-ring (bicyclic) bond motifs is 13. The maximum atomic E-state index is 6.38. The molecule has 0 aliphatic carbocycles. The van der Waals surface area contributed by atoms with Gasteiger partial charge in [-0.2, -0.15) is 9.97 Å². The molecule has 0 N–H and O–H groups in total. The lowest BCUT2D eigenvalue weighted by molar-refractivity contribution is -0.150. The number of thiophene rings is 1. The van der Waals surface area contributed by atoms with Crippen LogP contribution in [0.5, 0.6) is 0 Å². The minimum atomic E-state index is 0.227. The molecule has 0 atom stereocenters. The molecular weight excluding hydrogens is 1860 g/mol. The zero-order valence-corrected chi connectivity index (χ0v) is 87.0. The molecule has 12 aromatic carbocycles. The lowest BCUT2D eigenvalue weighted by atomic mass is 9.84. The number of rotatable bonds is 52. The molecule has 148 heavy (non-hydrogen) atoms. The summed E-state index contributed by atoms with van der Waals surface area (Å²) in [6, 6.07) is 99.3. The van der Waals surface area contributed by atoms with Crippen molar-refractivity contribution in [2.45, 2.75) is 157 Å². The van der Waals surface area contributed by atoms with E-state index in [1.807, 2.05) is 59.9 Å². The van der Waals surface area contributed by atoms with Gasteiger partial charge in [-0.1, -0.05) is 210 Å². The molecule has 4 aliphatic heterocycles. The average Bonchev–Trinajstić information content (AvgIpc) is 1.54. The summed E-state index contributed by atoms with van der Waals surface area (Å²) in [5, 5.41) is 9.47. The first-order valence-corrected chi connectivity index (χ1v) is 54.8. The first-order chi connectivity index (χ1) is 73.0. The predicted molar refractivity (Wildman–Crippen MR) is 596 cm³/mol. The van der Waals surface area contributed by atoms with E-state index in [1.54, 1.807) is 0 Å². The molecule has 4 saturated heterocycles. The van der Waals surface area contributed by atoms with Gasteiger partial charge in [0.05, 0.1) is 150 Å². The Hall–Kier alpha value is -12.1. The molecule has 4 aliphatic rings. The van der Waals surface area contributed by atoms with Crippen LogP contribution in [0.4, 0.5) is 0 Å². The summed E-state index contributed by atoms with van der Waals surface area (Å²) in [6.07, 6.45) is 17.0. The molecule has 4 fully saturated rings. The fourth-order valence-corrected chi connectivity index (χ4v) is 22.1. The molecule has 0 spiro atoms. The SMILES string of the molecule is CCC1(COCCCCCOCc2ccc3c(c2)c2cc(-c4ccc5c(c4)c4cc(COCCCCCOCC6(CC)COC6)ccc4n5-c4nc(-c5ccccc5)cc(-c5ccccc5)n4)ccc2n3-c2ccccc2)COC1.CCC1(COCCCCCOCc2ccc3sc4c(ccc5c4c4cc(COCCCCCOCC6(CC)COC6)ccc4n5-c4nc(-c5ccccc5)nc(-c5ccccc5)n4)c3c2)COC1. The minimum absolute atomic E-state index is 0.227. The summed E-state index contributed by atoms with van der Waals surface area (Å²) in [7, 11) is 0. The molecule has 0 amide bonds. The fraction of sp³-hybridized carbons (Fsp3) is 0.378. The molecule has 20 nitrogen and oxygen atoms in total. The van der Waals surface area contributed by atoms with Crippen LogP contribution in [0.1, 0.15) is 153 Å². The molecule has 0 unspecified atom stereocenters.